The maximum atomic E-state index is 12.1. The van der Waals surface area contributed by atoms with E-state index in [1.165, 1.54) is 4.90 Å². The first-order valence-electron chi connectivity index (χ1n) is 7.18. The van der Waals surface area contributed by atoms with E-state index in [0.29, 0.717) is 12.3 Å². The molecule has 5 heteroatoms. The third kappa shape index (κ3) is 3.95. The molecule has 1 heterocycles. The van der Waals surface area contributed by atoms with Crippen LogP contribution in [-0.4, -0.2) is 52.8 Å². The number of ether oxygens (including phenoxy) is 1. The largest absolute Gasteiger partial charge is 0.495 e. The molecule has 20 heavy (non-hydrogen) atoms. The second-order valence-corrected chi connectivity index (χ2v) is 5.64. The molecule has 0 unspecified atom stereocenters. The van der Waals surface area contributed by atoms with Crippen molar-refractivity contribution in [1.29, 1.82) is 0 Å². The number of benzene rings is 1. The van der Waals surface area contributed by atoms with Gasteiger partial charge in [-0.15, -0.1) is 0 Å². The Kier molecular flexibility index (Phi) is 4.98. The average molecular weight is 279 g/mol. The van der Waals surface area contributed by atoms with Gasteiger partial charge in [-0.25, -0.2) is 0 Å². The Bertz CT molecular complexity index is 468. The van der Waals surface area contributed by atoms with E-state index in [0.717, 1.165) is 37.4 Å². The second kappa shape index (κ2) is 6.72. The summed E-state index contributed by atoms with van der Waals surface area (Å²) in [4.78, 5) is 15.1. The number of anilines is 1. The lowest BCUT2D eigenvalue weighted by Crippen LogP contribution is -3.27. The number of likely N-dealkylation sites (N-methyl/N-ethyl adjacent to an activating group) is 1. The highest BCUT2D eigenvalue weighted by Gasteiger charge is 2.22. The normalized spacial score (nSPS) is 22.4. The second-order valence-electron chi connectivity index (χ2n) is 5.64. The summed E-state index contributed by atoms with van der Waals surface area (Å²) < 4.78 is 5.28. The SMILES string of the molecule is COc1ccc(C)cc1NC(=O)C[NH+]1CC[NH+](C)CC1. The van der Waals surface area contributed by atoms with Crippen LogP contribution in [0.2, 0.25) is 0 Å². The average Bonchev–Trinajstić information content (AvgIpc) is 2.41. The number of piperazine rings is 1. The molecule has 3 N–H and O–H groups in total. The van der Waals surface area contributed by atoms with Crippen molar-refractivity contribution < 1.29 is 19.3 Å². The molecule has 0 aromatic heterocycles. The molecule has 1 aliphatic heterocycles. The van der Waals surface area contributed by atoms with E-state index in [1.54, 1.807) is 12.0 Å². The zero-order chi connectivity index (χ0) is 14.5. The van der Waals surface area contributed by atoms with Crippen molar-refractivity contribution in [3.05, 3.63) is 23.8 Å². The van der Waals surface area contributed by atoms with Crippen molar-refractivity contribution in [2.24, 2.45) is 0 Å². The fourth-order valence-corrected chi connectivity index (χ4v) is 2.55. The molecule has 1 saturated heterocycles. The van der Waals surface area contributed by atoms with Gasteiger partial charge in [-0.3, -0.25) is 4.79 Å². The fraction of sp³-hybridized carbons (Fsp3) is 0.533. The van der Waals surface area contributed by atoms with E-state index in [9.17, 15) is 4.79 Å². The van der Waals surface area contributed by atoms with Crippen LogP contribution >= 0.6 is 0 Å². The number of hydrogen-bond acceptors (Lipinski definition) is 2. The standard InChI is InChI=1S/C15H23N3O2/c1-12-4-5-14(20-3)13(10-12)16-15(19)11-18-8-6-17(2)7-9-18/h4-5,10H,6-9,11H2,1-3H3,(H,16,19)/p+2. The molecule has 1 aliphatic rings. The van der Waals surface area contributed by atoms with Crippen molar-refractivity contribution >= 4 is 11.6 Å². The summed E-state index contributed by atoms with van der Waals surface area (Å²) in [5.41, 5.74) is 1.87. The highest BCUT2D eigenvalue weighted by molar-refractivity contribution is 5.93. The molecule has 0 aliphatic carbocycles. The van der Waals surface area contributed by atoms with Crippen LogP contribution in [0.15, 0.2) is 18.2 Å². The Labute approximate surface area is 120 Å². The molecule has 5 nitrogen and oxygen atoms in total. The van der Waals surface area contributed by atoms with Crippen LogP contribution in [0.5, 0.6) is 5.75 Å². The Hall–Kier alpha value is -1.59. The van der Waals surface area contributed by atoms with Gasteiger partial charge in [0.25, 0.3) is 5.91 Å². The minimum Gasteiger partial charge on any atom is -0.495 e. The zero-order valence-corrected chi connectivity index (χ0v) is 12.6. The molecular formula is C15H25N3O2+2. The van der Waals surface area contributed by atoms with E-state index in [2.05, 4.69) is 12.4 Å². The van der Waals surface area contributed by atoms with Gasteiger partial charge >= 0.3 is 0 Å². The molecule has 1 amide bonds. The predicted molar refractivity (Wildman–Crippen MR) is 78.5 cm³/mol. The van der Waals surface area contributed by atoms with E-state index >= 15 is 0 Å². The first kappa shape index (κ1) is 14.8. The number of carbonyl (C=O) groups excluding carboxylic acids is 1. The number of rotatable bonds is 4. The number of carbonyl (C=O) groups is 1. The zero-order valence-electron chi connectivity index (χ0n) is 12.6. The Morgan fingerprint density at radius 1 is 1.30 bits per heavy atom. The summed E-state index contributed by atoms with van der Waals surface area (Å²) in [6.07, 6.45) is 0. The smallest absolute Gasteiger partial charge is 0.279 e. The number of aryl methyl sites for hydroxylation is 1. The molecule has 2 rings (SSSR count). The van der Waals surface area contributed by atoms with E-state index in [4.69, 9.17) is 4.74 Å². The van der Waals surface area contributed by atoms with Gasteiger partial charge in [-0.05, 0) is 24.6 Å². The third-order valence-electron chi connectivity index (χ3n) is 3.85. The molecule has 1 aromatic rings. The van der Waals surface area contributed by atoms with Crippen LogP contribution in [0.25, 0.3) is 0 Å². The van der Waals surface area contributed by atoms with E-state index < -0.39 is 0 Å². The molecular weight excluding hydrogens is 254 g/mol. The van der Waals surface area contributed by atoms with Gasteiger partial charge in [0.2, 0.25) is 0 Å². The van der Waals surface area contributed by atoms with E-state index in [-0.39, 0.29) is 5.91 Å². The molecule has 0 radical (unpaired) electrons. The maximum absolute atomic E-state index is 12.1. The minimum absolute atomic E-state index is 0.0588. The lowest BCUT2D eigenvalue weighted by molar-refractivity contribution is -0.999. The van der Waals surface area contributed by atoms with Gasteiger partial charge in [-0.2, -0.15) is 0 Å². The maximum Gasteiger partial charge on any atom is 0.279 e. The highest BCUT2D eigenvalue weighted by Crippen LogP contribution is 2.24. The van der Waals surface area contributed by atoms with Crippen molar-refractivity contribution in [2.45, 2.75) is 6.92 Å². The van der Waals surface area contributed by atoms with Gasteiger partial charge in [0, 0.05) is 0 Å². The first-order chi connectivity index (χ1) is 9.58. The van der Waals surface area contributed by atoms with Gasteiger partial charge < -0.3 is 19.9 Å². The van der Waals surface area contributed by atoms with Crippen LogP contribution in [0, 0.1) is 6.92 Å². The van der Waals surface area contributed by atoms with Crippen LogP contribution in [0.3, 0.4) is 0 Å². The molecule has 0 spiro atoms. The topological polar surface area (TPSA) is 47.2 Å². The van der Waals surface area contributed by atoms with Crippen LogP contribution in [0.1, 0.15) is 5.56 Å². The summed E-state index contributed by atoms with van der Waals surface area (Å²) in [6.45, 7) is 6.93. The van der Waals surface area contributed by atoms with Gasteiger partial charge in [0.1, 0.15) is 31.9 Å². The molecule has 0 saturated carbocycles. The monoisotopic (exact) mass is 279 g/mol. The Morgan fingerprint density at radius 3 is 2.65 bits per heavy atom. The van der Waals surface area contributed by atoms with Crippen molar-refractivity contribution in [1.82, 2.24) is 0 Å². The Balaban J connectivity index is 1.92. The van der Waals surface area contributed by atoms with Crippen LogP contribution in [0.4, 0.5) is 5.69 Å². The highest BCUT2D eigenvalue weighted by atomic mass is 16.5. The first-order valence-corrected chi connectivity index (χ1v) is 7.18. The predicted octanol–water partition coefficient (Wildman–Crippen LogP) is -1.64. The number of methoxy groups -OCH3 is 1. The minimum atomic E-state index is 0.0588. The van der Waals surface area contributed by atoms with Crippen molar-refractivity contribution in [3.8, 4) is 5.75 Å². The van der Waals surface area contributed by atoms with Crippen molar-refractivity contribution in [2.75, 3.05) is 52.2 Å². The number of hydrogen-bond donors (Lipinski definition) is 3. The molecule has 110 valence electrons. The van der Waals surface area contributed by atoms with Crippen LogP contribution in [-0.2, 0) is 4.79 Å². The van der Waals surface area contributed by atoms with E-state index in [1.807, 2.05) is 25.1 Å². The number of nitrogens with one attached hydrogen (secondary N) is 3. The molecule has 0 bridgehead atoms. The number of quaternary nitrogens is 2. The fourth-order valence-electron chi connectivity index (χ4n) is 2.55. The lowest BCUT2D eigenvalue weighted by Gasteiger charge is -2.26. The summed E-state index contributed by atoms with van der Waals surface area (Å²) in [6, 6.07) is 5.81. The Morgan fingerprint density at radius 2 is 2.00 bits per heavy atom. The number of amides is 1. The third-order valence-corrected chi connectivity index (χ3v) is 3.85. The van der Waals surface area contributed by atoms with Gasteiger partial charge in [0.05, 0.1) is 19.8 Å². The quantitative estimate of drug-likeness (QED) is 0.619. The molecule has 1 aromatic carbocycles. The van der Waals surface area contributed by atoms with Crippen molar-refractivity contribution in [3.63, 3.8) is 0 Å². The molecule has 1 fully saturated rings. The summed E-state index contributed by atoms with van der Waals surface area (Å²) in [5, 5.41) is 2.97. The molecule has 0 atom stereocenters. The summed E-state index contributed by atoms with van der Waals surface area (Å²) in [7, 11) is 3.82. The lowest BCUT2D eigenvalue weighted by atomic mass is 10.2. The van der Waals surface area contributed by atoms with Gasteiger partial charge in [0.15, 0.2) is 6.54 Å². The van der Waals surface area contributed by atoms with Gasteiger partial charge in [-0.1, -0.05) is 6.07 Å². The summed E-state index contributed by atoms with van der Waals surface area (Å²) >= 11 is 0. The van der Waals surface area contributed by atoms with Crippen LogP contribution < -0.4 is 19.9 Å². The summed E-state index contributed by atoms with van der Waals surface area (Å²) in [5.74, 6) is 0.769.